The summed E-state index contributed by atoms with van der Waals surface area (Å²) in [4.78, 5) is 4.34. The third-order valence-corrected chi connectivity index (χ3v) is 5.42. The molecule has 28 heavy (non-hydrogen) atoms. The van der Waals surface area contributed by atoms with E-state index in [0.717, 1.165) is 17.9 Å². The maximum Gasteiger partial charge on any atom is 0.196 e. The van der Waals surface area contributed by atoms with Gasteiger partial charge in [0.05, 0.1) is 10.7 Å². The monoisotopic (exact) mass is 410 g/mol. The van der Waals surface area contributed by atoms with Gasteiger partial charge in [-0.3, -0.25) is 9.55 Å². The fourth-order valence-electron chi connectivity index (χ4n) is 2.82. The number of halogens is 2. The molecule has 0 bridgehead atoms. The van der Waals surface area contributed by atoms with Crippen molar-refractivity contribution in [2.75, 3.05) is 5.75 Å². The minimum Gasteiger partial charge on any atom is -0.267 e. The molecule has 0 amide bonds. The topological polar surface area (TPSA) is 43.6 Å². The molecule has 0 aliphatic heterocycles. The number of para-hydroxylation sites is 1. The summed E-state index contributed by atoms with van der Waals surface area (Å²) >= 11 is 7.87. The fraction of sp³-hybridized carbons (Fsp3) is 0.0952. The highest BCUT2D eigenvalue weighted by atomic mass is 35.5. The van der Waals surface area contributed by atoms with E-state index in [2.05, 4.69) is 15.2 Å². The van der Waals surface area contributed by atoms with E-state index in [1.54, 1.807) is 35.0 Å². The third kappa shape index (κ3) is 3.93. The molecule has 0 aliphatic rings. The smallest absolute Gasteiger partial charge is 0.196 e. The van der Waals surface area contributed by atoms with Gasteiger partial charge in [0.25, 0.3) is 0 Å². The van der Waals surface area contributed by atoms with Crippen molar-refractivity contribution in [1.29, 1.82) is 0 Å². The van der Waals surface area contributed by atoms with Crippen molar-refractivity contribution in [1.82, 2.24) is 19.7 Å². The van der Waals surface area contributed by atoms with Gasteiger partial charge in [-0.15, -0.1) is 10.2 Å². The van der Waals surface area contributed by atoms with Crippen molar-refractivity contribution in [3.63, 3.8) is 0 Å². The number of hydrogen-bond acceptors (Lipinski definition) is 4. The van der Waals surface area contributed by atoms with Crippen LogP contribution in [0.4, 0.5) is 4.39 Å². The highest BCUT2D eigenvalue weighted by Gasteiger charge is 2.20. The van der Waals surface area contributed by atoms with Gasteiger partial charge in [0, 0.05) is 23.2 Å². The van der Waals surface area contributed by atoms with Crippen LogP contribution in [0.25, 0.3) is 17.1 Å². The minimum atomic E-state index is -0.345. The maximum atomic E-state index is 14.6. The van der Waals surface area contributed by atoms with Crippen LogP contribution in [0.2, 0.25) is 5.02 Å². The Balaban J connectivity index is 1.71. The van der Waals surface area contributed by atoms with E-state index < -0.39 is 0 Å². The van der Waals surface area contributed by atoms with Crippen LogP contribution in [0.3, 0.4) is 0 Å². The Bertz CT molecular complexity index is 1080. The zero-order valence-corrected chi connectivity index (χ0v) is 16.4. The van der Waals surface area contributed by atoms with Crippen molar-refractivity contribution in [3.8, 4) is 17.1 Å². The number of thioether (sulfide) groups is 1. The predicted molar refractivity (Wildman–Crippen MR) is 110 cm³/mol. The Hall–Kier alpha value is -2.70. The predicted octanol–water partition coefficient (Wildman–Crippen LogP) is 5.46. The molecule has 0 saturated heterocycles. The zero-order chi connectivity index (χ0) is 19.3. The lowest BCUT2D eigenvalue weighted by molar-refractivity contribution is 0.613. The van der Waals surface area contributed by atoms with E-state index in [1.165, 1.54) is 17.8 Å². The molecule has 0 radical (unpaired) electrons. The number of pyridine rings is 1. The molecule has 2 aromatic carbocycles. The van der Waals surface area contributed by atoms with Crippen molar-refractivity contribution in [3.05, 3.63) is 89.5 Å². The molecule has 0 unspecified atom stereocenters. The summed E-state index contributed by atoms with van der Waals surface area (Å²) in [5.41, 5.74) is 2.09. The second-order valence-electron chi connectivity index (χ2n) is 5.99. The second-order valence-corrected chi connectivity index (χ2v) is 7.46. The average Bonchev–Trinajstić information content (AvgIpc) is 3.13. The molecule has 140 valence electrons. The quantitative estimate of drug-likeness (QED) is 0.396. The number of aromatic nitrogens is 4. The van der Waals surface area contributed by atoms with Crippen LogP contribution >= 0.6 is 23.4 Å². The van der Waals surface area contributed by atoms with E-state index in [4.69, 9.17) is 11.6 Å². The van der Waals surface area contributed by atoms with Crippen LogP contribution in [0.1, 0.15) is 5.69 Å². The van der Waals surface area contributed by atoms with Gasteiger partial charge < -0.3 is 0 Å². The first-order valence-corrected chi connectivity index (χ1v) is 10.1. The van der Waals surface area contributed by atoms with E-state index in [-0.39, 0.29) is 5.82 Å². The van der Waals surface area contributed by atoms with Crippen LogP contribution in [0.15, 0.2) is 78.1 Å². The van der Waals surface area contributed by atoms with E-state index in [9.17, 15) is 4.39 Å². The fourth-order valence-corrected chi connectivity index (χ4v) is 3.95. The highest BCUT2D eigenvalue weighted by Crippen LogP contribution is 2.32. The molecular formula is C21H16ClFN4S. The number of nitrogens with zero attached hydrogens (tertiary/aromatic N) is 4. The molecule has 0 atom stereocenters. The first-order chi connectivity index (χ1) is 13.7. The van der Waals surface area contributed by atoms with E-state index >= 15 is 0 Å². The standard InChI is InChI=1S/C21H16ClFN4S/c22-17-9-2-1-8-16(17)20-25-26-21(27(20)19-11-4-3-10-18(19)23)28-14-12-15-7-5-6-13-24-15/h1-11,13H,12,14H2. The van der Waals surface area contributed by atoms with Gasteiger partial charge in [-0.1, -0.05) is 53.7 Å². The summed E-state index contributed by atoms with van der Waals surface area (Å²) in [7, 11) is 0. The van der Waals surface area contributed by atoms with Crippen molar-refractivity contribution >= 4 is 23.4 Å². The van der Waals surface area contributed by atoms with Crippen molar-refractivity contribution in [2.45, 2.75) is 11.6 Å². The molecule has 2 aromatic heterocycles. The Morgan fingerprint density at radius 1 is 0.929 bits per heavy atom. The van der Waals surface area contributed by atoms with Gasteiger partial charge in [-0.2, -0.15) is 0 Å². The van der Waals surface area contributed by atoms with Gasteiger partial charge in [-0.25, -0.2) is 4.39 Å². The first-order valence-electron chi connectivity index (χ1n) is 8.72. The van der Waals surface area contributed by atoms with Crippen LogP contribution in [0.5, 0.6) is 0 Å². The maximum absolute atomic E-state index is 14.6. The van der Waals surface area contributed by atoms with Crippen molar-refractivity contribution in [2.24, 2.45) is 0 Å². The lowest BCUT2D eigenvalue weighted by Crippen LogP contribution is -2.03. The highest BCUT2D eigenvalue weighted by molar-refractivity contribution is 7.99. The lowest BCUT2D eigenvalue weighted by atomic mass is 10.2. The van der Waals surface area contributed by atoms with Crippen LogP contribution in [-0.2, 0) is 6.42 Å². The van der Waals surface area contributed by atoms with Gasteiger partial charge in [0.1, 0.15) is 5.82 Å². The first kappa shape index (κ1) is 18.7. The second kappa shape index (κ2) is 8.54. The van der Waals surface area contributed by atoms with Crippen LogP contribution < -0.4 is 0 Å². The molecule has 4 rings (SSSR count). The molecule has 0 spiro atoms. The number of rotatable bonds is 6. The van der Waals surface area contributed by atoms with Gasteiger partial charge in [0.2, 0.25) is 0 Å². The molecule has 7 heteroatoms. The summed E-state index contributed by atoms with van der Waals surface area (Å²) in [5.74, 6) is 0.907. The van der Waals surface area contributed by atoms with E-state index in [1.807, 2.05) is 36.4 Å². The van der Waals surface area contributed by atoms with E-state index in [0.29, 0.717) is 27.3 Å². The summed E-state index contributed by atoms with van der Waals surface area (Å²) in [5, 5.41) is 9.78. The van der Waals surface area contributed by atoms with Crippen LogP contribution in [-0.4, -0.2) is 25.5 Å². The number of benzene rings is 2. The molecule has 4 aromatic rings. The molecule has 0 aliphatic carbocycles. The molecule has 4 nitrogen and oxygen atoms in total. The summed E-state index contributed by atoms with van der Waals surface area (Å²) < 4.78 is 16.3. The normalized spacial score (nSPS) is 10.9. The Kier molecular flexibility index (Phi) is 5.69. The van der Waals surface area contributed by atoms with Gasteiger partial charge in [-0.05, 0) is 42.8 Å². The summed E-state index contributed by atoms with van der Waals surface area (Å²) in [6, 6.07) is 19.8. The summed E-state index contributed by atoms with van der Waals surface area (Å²) in [6.07, 6.45) is 2.55. The Morgan fingerprint density at radius 2 is 1.71 bits per heavy atom. The molecule has 0 fully saturated rings. The van der Waals surface area contributed by atoms with Gasteiger partial charge in [0.15, 0.2) is 11.0 Å². The summed E-state index contributed by atoms with van der Waals surface area (Å²) in [6.45, 7) is 0. The Morgan fingerprint density at radius 3 is 2.50 bits per heavy atom. The number of hydrogen-bond donors (Lipinski definition) is 0. The lowest BCUT2D eigenvalue weighted by Gasteiger charge is -2.12. The molecule has 0 saturated carbocycles. The van der Waals surface area contributed by atoms with Crippen molar-refractivity contribution < 1.29 is 4.39 Å². The Labute approximate surface area is 171 Å². The molecule has 2 heterocycles. The van der Waals surface area contributed by atoms with Crippen LogP contribution in [0, 0.1) is 5.82 Å². The minimum absolute atomic E-state index is 0.345. The molecular weight excluding hydrogens is 395 g/mol. The zero-order valence-electron chi connectivity index (χ0n) is 14.8. The largest absolute Gasteiger partial charge is 0.267 e. The average molecular weight is 411 g/mol. The number of aryl methyl sites for hydroxylation is 1. The molecule has 0 N–H and O–H groups in total. The van der Waals surface area contributed by atoms with Gasteiger partial charge >= 0.3 is 0 Å². The SMILES string of the molecule is Fc1ccccc1-n1c(SCCc2ccccn2)nnc1-c1ccccc1Cl. The third-order valence-electron chi connectivity index (χ3n) is 4.16.